The first kappa shape index (κ1) is 25.1. The summed E-state index contributed by atoms with van der Waals surface area (Å²) < 4.78 is 16.6. The fourth-order valence-corrected chi connectivity index (χ4v) is 3.64. The molecule has 0 spiro atoms. The van der Waals surface area contributed by atoms with Crippen molar-refractivity contribution in [2.45, 2.75) is 38.6 Å². The SMILES string of the molecule is CCCCCOC(=O)CC1C(=O)NCCN1C(=O)c1cccc(OCCOc2ccccc2)c1. The van der Waals surface area contributed by atoms with Crippen LogP contribution in [0.15, 0.2) is 54.6 Å². The first-order valence-corrected chi connectivity index (χ1v) is 11.7. The van der Waals surface area contributed by atoms with Crippen LogP contribution in [0.2, 0.25) is 0 Å². The predicted molar refractivity (Wildman–Crippen MR) is 127 cm³/mol. The number of nitrogens with zero attached hydrogens (tertiary/aromatic N) is 1. The lowest BCUT2D eigenvalue weighted by Gasteiger charge is -2.34. The monoisotopic (exact) mass is 468 g/mol. The number of unbranched alkanes of at least 4 members (excludes halogenated alkanes) is 2. The van der Waals surface area contributed by atoms with E-state index in [0.717, 1.165) is 25.0 Å². The third kappa shape index (κ3) is 7.50. The van der Waals surface area contributed by atoms with Gasteiger partial charge in [0.05, 0.1) is 13.0 Å². The van der Waals surface area contributed by atoms with Crippen LogP contribution in [-0.4, -0.2) is 61.6 Å². The summed E-state index contributed by atoms with van der Waals surface area (Å²) in [7, 11) is 0. The first-order chi connectivity index (χ1) is 16.6. The normalized spacial score (nSPS) is 15.4. The summed E-state index contributed by atoms with van der Waals surface area (Å²) in [5.41, 5.74) is 0.387. The minimum atomic E-state index is -0.899. The molecule has 1 aliphatic heterocycles. The second-order valence-corrected chi connectivity index (χ2v) is 7.97. The fraction of sp³-hybridized carbons (Fsp3) is 0.423. The van der Waals surface area contributed by atoms with Crippen LogP contribution in [0.4, 0.5) is 0 Å². The van der Waals surface area contributed by atoms with Gasteiger partial charge in [-0.25, -0.2) is 0 Å². The number of hydrogen-bond donors (Lipinski definition) is 1. The van der Waals surface area contributed by atoms with Gasteiger partial charge in [-0.05, 0) is 36.8 Å². The number of piperazine rings is 1. The van der Waals surface area contributed by atoms with Crippen molar-refractivity contribution >= 4 is 17.8 Å². The van der Waals surface area contributed by atoms with Gasteiger partial charge in [0.1, 0.15) is 30.8 Å². The van der Waals surface area contributed by atoms with Crippen LogP contribution < -0.4 is 14.8 Å². The van der Waals surface area contributed by atoms with Crippen molar-refractivity contribution in [1.29, 1.82) is 0 Å². The molecule has 1 fully saturated rings. The van der Waals surface area contributed by atoms with E-state index < -0.39 is 12.0 Å². The Labute approximate surface area is 200 Å². The highest BCUT2D eigenvalue weighted by molar-refractivity contribution is 5.99. The van der Waals surface area contributed by atoms with Crippen molar-refractivity contribution in [3.05, 3.63) is 60.2 Å². The van der Waals surface area contributed by atoms with Crippen molar-refractivity contribution in [3.63, 3.8) is 0 Å². The Hall–Kier alpha value is -3.55. The van der Waals surface area contributed by atoms with E-state index in [9.17, 15) is 14.4 Å². The number of carbonyl (C=O) groups is 3. The van der Waals surface area contributed by atoms with E-state index in [0.29, 0.717) is 44.2 Å². The highest BCUT2D eigenvalue weighted by Gasteiger charge is 2.35. The van der Waals surface area contributed by atoms with Crippen LogP contribution in [0.5, 0.6) is 11.5 Å². The summed E-state index contributed by atoms with van der Waals surface area (Å²) in [5, 5.41) is 2.73. The molecule has 0 radical (unpaired) electrons. The molecule has 1 saturated heterocycles. The number of benzene rings is 2. The van der Waals surface area contributed by atoms with Gasteiger partial charge >= 0.3 is 5.97 Å². The molecule has 8 nitrogen and oxygen atoms in total. The summed E-state index contributed by atoms with van der Waals surface area (Å²) in [5.74, 6) is 0.121. The second-order valence-electron chi connectivity index (χ2n) is 7.97. The summed E-state index contributed by atoms with van der Waals surface area (Å²) in [4.78, 5) is 39.4. The topological polar surface area (TPSA) is 94.2 Å². The van der Waals surface area contributed by atoms with Crippen LogP contribution in [0.3, 0.4) is 0 Å². The Morgan fingerprint density at radius 3 is 2.47 bits per heavy atom. The number of hydrogen-bond acceptors (Lipinski definition) is 6. The van der Waals surface area contributed by atoms with E-state index in [4.69, 9.17) is 14.2 Å². The predicted octanol–water partition coefficient (Wildman–Crippen LogP) is 3.21. The van der Waals surface area contributed by atoms with E-state index in [1.165, 1.54) is 4.90 Å². The molecular formula is C26H32N2O6. The molecule has 8 heteroatoms. The highest BCUT2D eigenvalue weighted by Crippen LogP contribution is 2.19. The maximum atomic E-state index is 13.2. The van der Waals surface area contributed by atoms with Gasteiger partial charge in [-0.15, -0.1) is 0 Å². The molecule has 0 bridgehead atoms. The largest absolute Gasteiger partial charge is 0.490 e. The number of carbonyl (C=O) groups excluding carboxylic acids is 3. The second kappa shape index (κ2) is 13.2. The van der Waals surface area contributed by atoms with Crippen molar-refractivity contribution in [3.8, 4) is 11.5 Å². The van der Waals surface area contributed by atoms with Gasteiger partial charge in [-0.2, -0.15) is 0 Å². The van der Waals surface area contributed by atoms with Gasteiger partial charge in [-0.3, -0.25) is 14.4 Å². The molecule has 0 saturated carbocycles. The van der Waals surface area contributed by atoms with Crippen LogP contribution in [0.1, 0.15) is 43.0 Å². The van der Waals surface area contributed by atoms with Crippen LogP contribution in [-0.2, 0) is 14.3 Å². The molecular weight excluding hydrogens is 436 g/mol. The molecule has 1 aliphatic rings. The Morgan fingerprint density at radius 2 is 1.71 bits per heavy atom. The lowest BCUT2D eigenvalue weighted by molar-refractivity contribution is -0.147. The first-order valence-electron chi connectivity index (χ1n) is 11.7. The molecule has 1 unspecified atom stereocenters. The maximum Gasteiger partial charge on any atom is 0.308 e. The quantitative estimate of drug-likeness (QED) is 0.380. The van der Waals surface area contributed by atoms with Crippen molar-refractivity contribution in [2.24, 2.45) is 0 Å². The number of para-hydroxylation sites is 1. The average molecular weight is 469 g/mol. The lowest BCUT2D eigenvalue weighted by atomic mass is 10.1. The fourth-order valence-electron chi connectivity index (χ4n) is 3.64. The maximum absolute atomic E-state index is 13.2. The van der Waals surface area contributed by atoms with E-state index in [2.05, 4.69) is 12.2 Å². The van der Waals surface area contributed by atoms with Gasteiger partial charge in [0, 0.05) is 18.7 Å². The van der Waals surface area contributed by atoms with Crippen molar-refractivity contribution in [2.75, 3.05) is 32.9 Å². The van der Waals surface area contributed by atoms with E-state index in [-0.39, 0.29) is 18.2 Å². The zero-order valence-electron chi connectivity index (χ0n) is 19.5. The standard InChI is InChI=1S/C26H32N2O6/c1-2-3-7-15-34-24(29)19-23-25(30)27-13-14-28(23)26(31)20-9-8-12-22(18-20)33-17-16-32-21-10-5-4-6-11-21/h4-6,8-12,18,23H,2-3,7,13-17,19H2,1H3,(H,27,30). The highest BCUT2D eigenvalue weighted by atomic mass is 16.5. The zero-order chi connectivity index (χ0) is 24.2. The van der Waals surface area contributed by atoms with E-state index in [1.807, 2.05) is 30.3 Å². The molecule has 3 rings (SSSR count). The summed E-state index contributed by atoms with van der Waals surface area (Å²) in [6, 6.07) is 15.3. The molecule has 0 aromatic heterocycles. The molecule has 2 aromatic carbocycles. The van der Waals surface area contributed by atoms with Gasteiger partial charge in [0.15, 0.2) is 0 Å². The minimum Gasteiger partial charge on any atom is -0.490 e. The smallest absolute Gasteiger partial charge is 0.308 e. The summed E-state index contributed by atoms with van der Waals surface area (Å²) >= 11 is 0. The average Bonchev–Trinajstić information content (AvgIpc) is 2.86. The Kier molecular flexibility index (Phi) is 9.76. The number of amides is 2. The lowest BCUT2D eigenvalue weighted by Crippen LogP contribution is -2.57. The van der Waals surface area contributed by atoms with Crippen molar-refractivity contribution < 1.29 is 28.6 Å². The number of ether oxygens (including phenoxy) is 3. The van der Waals surface area contributed by atoms with Gasteiger partial charge in [-0.1, -0.05) is 44.0 Å². The third-order valence-electron chi connectivity index (χ3n) is 5.41. The Bertz CT molecular complexity index is 949. The van der Waals surface area contributed by atoms with Gasteiger partial charge in [0.25, 0.3) is 5.91 Å². The van der Waals surface area contributed by atoms with Crippen LogP contribution in [0.25, 0.3) is 0 Å². The molecule has 0 aliphatic carbocycles. The molecule has 1 atom stereocenters. The molecule has 182 valence electrons. The molecule has 1 heterocycles. The number of rotatable bonds is 12. The Morgan fingerprint density at radius 1 is 0.971 bits per heavy atom. The molecule has 2 aromatic rings. The molecule has 34 heavy (non-hydrogen) atoms. The van der Waals surface area contributed by atoms with Crippen LogP contribution in [0, 0.1) is 0 Å². The molecule has 2 amide bonds. The van der Waals surface area contributed by atoms with E-state index in [1.54, 1.807) is 24.3 Å². The summed E-state index contributed by atoms with van der Waals surface area (Å²) in [6.07, 6.45) is 2.61. The Balaban J connectivity index is 1.56. The van der Waals surface area contributed by atoms with Gasteiger partial charge < -0.3 is 24.4 Å². The van der Waals surface area contributed by atoms with E-state index >= 15 is 0 Å². The number of esters is 1. The zero-order valence-corrected chi connectivity index (χ0v) is 19.5. The summed E-state index contributed by atoms with van der Waals surface area (Å²) in [6.45, 7) is 3.70. The number of nitrogens with one attached hydrogen (secondary N) is 1. The molecule has 1 N–H and O–H groups in total. The minimum absolute atomic E-state index is 0.170. The van der Waals surface area contributed by atoms with Gasteiger partial charge in [0.2, 0.25) is 5.91 Å². The van der Waals surface area contributed by atoms with Crippen molar-refractivity contribution in [1.82, 2.24) is 10.2 Å². The van der Waals surface area contributed by atoms with Crippen LogP contribution >= 0.6 is 0 Å². The third-order valence-corrected chi connectivity index (χ3v) is 5.41.